The van der Waals surface area contributed by atoms with Crippen LogP contribution >= 0.6 is 0 Å². The van der Waals surface area contributed by atoms with Gasteiger partial charge in [-0.25, -0.2) is 13.2 Å². The highest BCUT2D eigenvalue weighted by molar-refractivity contribution is 5.27. The van der Waals surface area contributed by atoms with Crippen LogP contribution in [0, 0.1) is 5.82 Å². The van der Waals surface area contributed by atoms with Gasteiger partial charge in [-0.2, -0.15) is 0 Å². The Morgan fingerprint density at radius 2 is 2.00 bits per heavy atom. The van der Waals surface area contributed by atoms with Crippen LogP contribution in [0.15, 0.2) is 18.2 Å². The van der Waals surface area contributed by atoms with Gasteiger partial charge in [-0.05, 0) is 18.1 Å². The summed E-state index contributed by atoms with van der Waals surface area (Å²) < 4.78 is 37.5. The number of alkyl halides is 2. The van der Waals surface area contributed by atoms with Crippen molar-refractivity contribution in [2.75, 3.05) is 6.61 Å². The van der Waals surface area contributed by atoms with Gasteiger partial charge in [0, 0.05) is 12.6 Å². The van der Waals surface area contributed by atoms with E-state index in [-0.39, 0.29) is 13.0 Å². The quantitative estimate of drug-likeness (QED) is 0.815. The molecule has 3 N–H and O–H groups in total. The zero-order chi connectivity index (χ0) is 11.4. The molecule has 1 aromatic carbocycles. The van der Waals surface area contributed by atoms with Gasteiger partial charge in [0.15, 0.2) is 0 Å². The molecule has 0 aliphatic carbocycles. The number of aliphatic hydroxyl groups excluding tert-OH is 1. The number of nitrogens with two attached hydrogens (primary N) is 1. The molecule has 0 radical (unpaired) electrons. The fourth-order valence-corrected chi connectivity index (χ4v) is 1.26. The first kappa shape index (κ1) is 12.0. The number of benzene rings is 1. The Bertz CT molecular complexity index is 330. The highest BCUT2D eigenvalue weighted by Gasteiger charge is 2.15. The maximum atomic E-state index is 13.1. The lowest BCUT2D eigenvalue weighted by atomic mass is 10.0. The van der Waals surface area contributed by atoms with Crippen molar-refractivity contribution < 1.29 is 18.3 Å². The maximum Gasteiger partial charge on any atom is 0.266 e. The summed E-state index contributed by atoms with van der Waals surface area (Å²) in [6.07, 6.45) is -2.55. The number of rotatable bonds is 4. The molecule has 1 rings (SSSR count). The number of aliphatic hydroxyl groups is 1. The molecular formula is C10H12F3NO. The van der Waals surface area contributed by atoms with Crippen molar-refractivity contribution in [3.63, 3.8) is 0 Å². The van der Waals surface area contributed by atoms with Crippen molar-refractivity contribution in [1.82, 2.24) is 0 Å². The summed E-state index contributed by atoms with van der Waals surface area (Å²) in [5.74, 6) is -0.962. The SMILES string of the molecule is NC(CCO)c1ccc(C(F)F)c(F)c1. The van der Waals surface area contributed by atoms with Crippen LogP contribution in [0.4, 0.5) is 13.2 Å². The maximum absolute atomic E-state index is 13.1. The topological polar surface area (TPSA) is 46.2 Å². The Kier molecular flexibility index (Phi) is 4.11. The minimum absolute atomic E-state index is 0.126. The molecule has 1 unspecified atom stereocenters. The molecule has 1 aromatic rings. The number of hydrogen-bond donors (Lipinski definition) is 2. The van der Waals surface area contributed by atoms with E-state index in [1.54, 1.807) is 0 Å². The molecule has 0 saturated heterocycles. The zero-order valence-corrected chi connectivity index (χ0v) is 7.96. The largest absolute Gasteiger partial charge is 0.396 e. The van der Waals surface area contributed by atoms with Gasteiger partial charge in [-0.1, -0.05) is 12.1 Å². The van der Waals surface area contributed by atoms with Crippen LogP contribution in [-0.2, 0) is 0 Å². The van der Waals surface area contributed by atoms with Crippen LogP contribution in [0.5, 0.6) is 0 Å². The molecule has 0 amide bonds. The first-order valence-electron chi connectivity index (χ1n) is 4.50. The highest BCUT2D eigenvalue weighted by atomic mass is 19.3. The molecule has 15 heavy (non-hydrogen) atoms. The summed E-state index contributed by atoms with van der Waals surface area (Å²) in [5, 5.41) is 8.62. The second kappa shape index (κ2) is 5.14. The standard InChI is InChI=1S/C10H12F3NO/c11-8-5-6(9(14)3-4-15)1-2-7(8)10(12)13/h1-2,5,9-10,15H,3-4,14H2. The van der Waals surface area contributed by atoms with E-state index in [4.69, 9.17) is 10.8 Å². The van der Waals surface area contributed by atoms with E-state index in [9.17, 15) is 13.2 Å². The molecule has 0 aliphatic rings. The summed E-state index contributed by atoms with van der Waals surface area (Å²) >= 11 is 0. The third-order valence-electron chi connectivity index (χ3n) is 2.13. The summed E-state index contributed by atoms with van der Waals surface area (Å²) in [7, 11) is 0. The Balaban J connectivity index is 2.91. The Morgan fingerprint density at radius 1 is 1.33 bits per heavy atom. The normalized spacial score (nSPS) is 13.2. The van der Waals surface area contributed by atoms with Gasteiger partial charge in [0.25, 0.3) is 6.43 Å². The molecule has 0 saturated carbocycles. The van der Waals surface area contributed by atoms with Gasteiger partial charge in [-0.15, -0.1) is 0 Å². The Hall–Kier alpha value is -1.07. The zero-order valence-electron chi connectivity index (χ0n) is 7.96. The van der Waals surface area contributed by atoms with Crippen LogP contribution in [0.25, 0.3) is 0 Å². The molecule has 1 atom stereocenters. The van der Waals surface area contributed by atoms with E-state index >= 15 is 0 Å². The summed E-state index contributed by atoms with van der Waals surface area (Å²) in [4.78, 5) is 0. The van der Waals surface area contributed by atoms with Gasteiger partial charge in [-0.3, -0.25) is 0 Å². The van der Waals surface area contributed by atoms with Gasteiger partial charge in [0.05, 0.1) is 5.56 Å². The van der Waals surface area contributed by atoms with Gasteiger partial charge in [0.1, 0.15) is 5.82 Å². The molecule has 0 aliphatic heterocycles. The molecular weight excluding hydrogens is 207 g/mol. The van der Waals surface area contributed by atoms with Crippen LogP contribution in [-0.4, -0.2) is 11.7 Å². The van der Waals surface area contributed by atoms with Crippen LogP contribution in [0.2, 0.25) is 0 Å². The summed E-state index contributed by atoms with van der Waals surface area (Å²) in [6.45, 7) is -0.126. The van der Waals surface area contributed by atoms with Gasteiger partial charge in [0.2, 0.25) is 0 Å². The van der Waals surface area contributed by atoms with Crippen LogP contribution in [0.1, 0.15) is 30.0 Å². The van der Waals surface area contributed by atoms with E-state index in [0.717, 1.165) is 12.1 Å². The summed E-state index contributed by atoms with van der Waals surface area (Å²) in [5.41, 5.74) is 5.37. The second-order valence-electron chi connectivity index (χ2n) is 3.20. The minimum atomic E-state index is -2.83. The Morgan fingerprint density at radius 3 is 2.47 bits per heavy atom. The van der Waals surface area contributed by atoms with E-state index in [0.29, 0.717) is 5.56 Å². The number of halogens is 3. The molecule has 0 heterocycles. The van der Waals surface area contributed by atoms with Crippen molar-refractivity contribution in [3.8, 4) is 0 Å². The average Bonchev–Trinajstić information content (AvgIpc) is 2.17. The predicted molar refractivity (Wildman–Crippen MR) is 50.0 cm³/mol. The molecule has 0 fully saturated rings. The first-order chi connectivity index (χ1) is 7.06. The molecule has 2 nitrogen and oxygen atoms in total. The van der Waals surface area contributed by atoms with E-state index in [1.165, 1.54) is 6.07 Å². The predicted octanol–water partition coefficient (Wildman–Crippen LogP) is 2.15. The highest BCUT2D eigenvalue weighted by Crippen LogP contribution is 2.24. The lowest BCUT2D eigenvalue weighted by Gasteiger charge is -2.11. The van der Waals surface area contributed by atoms with E-state index < -0.39 is 23.8 Å². The average molecular weight is 219 g/mol. The molecule has 5 heteroatoms. The molecule has 84 valence electrons. The second-order valence-corrected chi connectivity index (χ2v) is 3.20. The fourth-order valence-electron chi connectivity index (χ4n) is 1.26. The van der Waals surface area contributed by atoms with Crippen LogP contribution < -0.4 is 5.73 Å². The third kappa shape index (κ3) is 2.94. The lowest BCUT2D eigenvalue weighted by molar-refractivity contribution is 0.146. The summed E-state index contributed by atoms with van der Waals surface area (Å²) in [6, 6.07) is 2.83. The smallest absolute Gasteiger partial charge is 0.266 e. The monoisotopic (exact) mass is 219 g/mol. The van der Waals surface area contributed by atoms with E-state index in [2.05, 4.69) is 0 Å². The molecule has 0 spiro atoms. The minimum Gasteiger partial charge on any atom is -0.396 e. The molecule has 0 aromatic heterocycles. The fraction of sp³-hybridized carbons (Fsp3) is 0.400. The van der Waals surface area contributed by atoms with E-state index in [1.807, 2.05) is 0 Å². The first-order valence-corrected chi connectivity index (χ1v) is 4.50. The van der Waals surface area contributed by atoms with Crippen molar-refractivity contribution in [2.45, 2.75) is 18.9 Å². The third-order valence-corrected chi connectivity index (χ3v) is 2.13. The Labute approximate surface area is 85.5 Å². The van der Waals surface area contributed by atoms with Crippen molar-refractivity contribution in [1.29, 1.82) is 0 Å². The lowest BCUT2D eigenvalue weighted by Crippen LogP contribution is -2.12. The van der Waals surface area contributed by atoms with Gasteiger partial charge >= 0.3 is 0 Å². The van der Waals surface area contributed by atoms with Gasteiger partial charge < -0.3 is 10.8 Å². The number of hydrogen-bond acceptors (Lipinski definition) is 2. The molecule has 0 bridgehead atoms. The van der Waals surface area contributed by atoms with Crippen molar-refractivity contribution >= 4 is 0 Å². The van der Waals surface area contributed by atoms with Crippen molar-refractivity contribution in [2.24, 2.45) is 5.73 Å². The van der Waals surface area contributed by atoms with Crippen LogP contribution in [0.3, 0.4) is 0 Å². The van der Waals surface area contributed by atoms with Crippen molar-refractivity contribution in [3.05, 3.63) is 35.1 Å².